The van der Waals surface area contributed by atoms with Crippen molar-refractivity contribution >= 4 is 22.8 Å². The summed E-state index contributed by atoms with van der Waals surface area (Å²) in [6.45, 7) is 8.52. The minimum absolute atomic E-state index is 0.315. The van der Waals surface area contributed by atoms with Gasteiger partial charge in [-0.25, -0.2) is 0 Å². The molecular formula is C25H38N6O. The van der Waals surface area contributed by atoms with Gasteiger partial charge >= 0.3 is 0 Å². The Morgan fingerprint density at radius 3 is 2.59 bits per heavy atom. The second kappa shape index (κ2) is 10.9. The second-order valence-corrected chi connectivity index (χ2v) is 8.98. The first-order valence-electron chi connectivity index (χ1n) is 12.2. The van der Waals surface area contributed by atoms with E-state index in [1.54, 1.807) is 0 Å². The van der Waals surface area contributed by atoms with Gasteiger partial charge in [0.2, 0.25) is 5.91 Å². The lowest BCUT2D eigenvalue weighted by Crippen LogP contribution is -2.52. The molecule has 174 valence electrons. The molecule has 1 aromatic carbocycles. The van der Waals surface area contributed by atoms with Crippen LogP contribution >= 0.6 is 0 Å². The highest BCUT2D eigenvalue weighted by atomic mass is 16.2. The van der Waals surface area contributed by atoms with E-state index in [1.165, 1.54) is 28.5 Å². The Balaban J connectivity index is 1.15. The molecule has 0 spiro atoms. The predicted molar refractivity (Wildman–Crippen MR) is 131 cm³/mol. The zero-order valence-corrected chi connectivity index (χ0v) is 19.6. The molecule has 1 aliphatic carbocycles. The third-order valence-corrected chi connectivity index (χ3v) is 7.04. The number of nitrogens with zero attached hydrogens (tertiary/aromatic N) is 3. The smallest absolute Gasteiger partial charge is 0.225 e. The van der Waals surface area contributed by atoms with E-state index in [0.717, 1.165) is 77.5 Å². The molecule has 32 heavy (non-hydrogen) atoms. The van der Waals surface area contributed by atoms with Crippen molar-refractivity contribution in [2.24, 2.45) is 10.9 Å². The van der Waals surface area contributed by atoms with Gasteiger partial charge in [0.1, 0.15) is 0 Å². The first-order valence-corrected chi connectivity index (χ1v) is 12.2. The van der Waals surface area contributed by atoms with E-state index in [2.05, 4.69) is 61.7 Å². The highest BCUT2D eigenvalue weighted by Gasteiger charge is 2.30. The number of rotatable bonds is 8. The fraction of sp³-hybridized carbons (Fsp3) is 0.600. The molecule has 2 fully saturated rings. The summed E-state index contributed by atoms with van der Waals surface area (Å²) in [6.07, 6.45) is 7.53. The molecule has 0 radical (unpaired) electrons. The van der Waals surface area contributed by atoms with Crippen LogP contribution in [0.2, 0.25) is 0 Å². The molecule has 2 heterocycles. The molecule has 2 aliphatic rings. The number of hydrogen-bond donors (Lipinski definition) is 3. The summed E-state index contributed by atoms with van der Waals surface area (Å²) in [4.78, 5) is 24.7. The Kier molecular flexibility index (Phi) is 7.68. The van der Waals surface area contributed by atoms with Gasteiger partial charge in [0, 0.05) is 75.9 Å². The summed E-state index contributed by atoms with van der Waals surface area (Å²) in [5.74, 6) is 1.55. The molecule has 7 nitrogen and oxygen atoms in total. The standard InChI is InChI=1S/C25H38N6O/c1-3-19-6-5-9-22-21(18-29-23(19)22)10-11-27-25(26-2)28-12-13-30-14-16-31(17-15-30)24(32)20-7-4-8-20/h5-6,9,18,20,29H,3-4,7-8,10-17H2,1-2H3,(H2,26,27,28). The molecule has 1 saturated carbocycles. The largest absolute Gasteiger partial charge is 0.361 e. The number of para-hydroxylation sites is 1. The normalized spacial score (nSPS) is 18.1. The lowest BCUT2D eigenvalue weighted by molar-refractivity contribution is -0.139. The summed E-state index contributed by atoms with van der Waals surface area (Å²) < 4.78 is 0. The van der Waals surface area contributed by atoms with E-state index < -0.39 is 0 Å². The number of aromatic nitrogens is 1. The zero-order chi connectivity index (χ0) is 22.3. The Labute approximate surface area is 191 Å². The summed E-state index contributed by atoms with van der Waals surface area (Å²) in [5.41, 5.74) is 3.97. The maximum Gasteiger partial charge on any atom is 0.225 e. The van der Waals surface area contributed by atoms with Crippen molar-refractivity contribution in [2.75, 3.05) is 52.9 Å². The number of carbonyl (C=O) groups excluding carboxylic acids is 1. The minimum atomic E-state index is 0.315. The molecule has 4 rings (SSSR count). The SMILES string of the molecule is CCc1cccc2c(CCNC(=NC)NCCN3CCN(C(=O)C4CCC4)CC3)c[nH]c12. The number of hydrogen-bond acceptors (Lipinski definition) is 3. The number of guanidine groups is 1. The maximum absolute atomic E-state index is 12.4. The van der Waals surface area contributed by atoms with Gasteiger partial charge in [0.25, 0.3) is 0 Å². The van der Waals surface area contributed by atoms with E-state index in [-0.39, 0.29) is 0 Å². The van der Waals surface area contributed by atoms with Crippen LogP contribution in [-0.2, 0) is 17.6 Å². The molecule has 1 aromatic heterocycles. The molecule has 1 aliphatic heterocycles. The fourth-order valence-electron chi connectivity index (χ4n) is 4.75. The van der Waals surface area contributed by atoms with Gasteiger partial charge in [-0.3, -0.25) is 14.7 Å². The van der Waals surface area contributed by atoms with Crippen molar-refractivity contribution in [3.05, 3.63) is 35.5 Å². The van der Waals surface area contributed by atoms with Crippen LogP contribution in [0.1, 0.15) is 37.3 Å². The maximum atomic E-state index is 12.4. The van der Waals surface area contributed by atoms with Gasteiger partial charge in [-0.15, -0.1) is 0 Å². The predicted octanol–water partition coefficient (Wildman–Crippen LogP) is 2.38. The summed E-state index contributed by atoms with van der Waals surface area (Å²) in [5, 5.41) is 8.19. The quantitative estimate of drug-likeness (QED) is 0.437. The van der Waals surface area contributed by atoms with Gasteiger partial charge < -0.3 is 20.5 Å². The van der Waals surface area contributed by atoms with Crippen molar-refractivity contribution in [1.82, 2.24) is 25.4 Å². The number of carbonyl (C=O) groups is 1. The van der Waals surface area contributed by atoms with Crippen molar-refractivity contribution in [3.8, 4) is 0 Å². The topological polar surface area (TPSA) is 75.8 Å². The van der Waals surface area contributed by atoms with Gasteiger partial charge in [-0.1, -0.05) is 31.5 Å². The summed E-state index contributed by atoms with van der Waals surface area (Å²) in [7, 11) is 1.82. The minimum Gasteiger partial charge on any atom is -0.361 e. The van der Waals surface area contributed by atoms with Crippen molar-refractivity contribution in [1.29, 1.82) is 0 Å². The summed E-state index contributed by atoms with van der Waals surface area (Å²) in [6, 6.07) is 6.54. The Morgan fingerprint density at radius 1 is 1.12 bits per heavy atom. The molecule has 1 saturated heterocycles. The average molecular weight is 439 g/mol. The monoisotopic (exact) mass is 438 g/mol. The van der Waals surface area contributed by atoms with Gasteiger partial charge in [-0.05, 0) is 36.8 Å². The van der Waals surface area contributed by atoms with E-state index in [4.69, 9.17) is 0 Å². The van der Waals surface area contributed by atoms with E-state index in [1.807, 2.05) is 7.05 Å². The zero-order valence-electron chi connectivity index (χ0n) is 19.6. The lowest BCUT2D eigenvalue weighted by Gasteiger charge is -2.38. The number of H-pyrrole nitrogens is 1. The number of piperazine rings is 1. The van der Waals surface area contributed by atoms with Gasteiger partial charge in [0.15, 0.2) is 5.96 Å². The van der Waals surface area contributed by atoms with Crippen LogP contribution in [0.25, 0.3) is 10.9 Å². The fourth-order valence-corrected chi connectivity index (χ4v) is 4.75. The number of nitrogens with one attached hydrogen (secondary N) is 3. The van der Waals surface area contributed by atoms with Crippen LogP contribution in [0.3, 0.4) is 0 Å². The third-order valence-electron chi connectivity index (χ3n) is 7.04. The second-order valence-electron chi connectivity index (χ2n) is 8.98. The third kappa shape index (κ3) is 5.26. The average Bonchev–Trinajstić information content (AvgIpc) is 3.20. The van der Waals surface area contributed by atoms with Crippen LogP contribution in [0, 0.1) is 5.92 Å². The van der Waals surface area contributed by atoms with E-state index >= 15 is 0 Å². The molecule has 1 amide bonds. The molecule has 7 heteroatoms. The molecule has 0 unspecified atom stereocenters. The van der Waals surface area contributed by atoms with Crippen LogP contribution in [0.5, 0.6) is 0 Å². The number of aryl methyl sites for hydroxylation is 1. The molecule has 0 bridgehead atoms. The highest BCUT2D eigenvalue weighted by Crippen LogP contribution is 2.28. The number of amides is 1. The van der Waals surface area contributed by atoms with E-state index in [0.29, 0.717) is 11.8 Å². The van der Waals surface area contributed by atoms with Crippen LogP contribution in [-0.4, -0.2) is 79.5 Å². The lowest BCUT2D eigenvalue weighted by atomic mass is 9.84. The first kappa shape index (κ1) is 22.6. The summed E-state index contributed by atoms with van der Waals surface area (Å²) >= 11 is 0. The van der Waals surface area contributed by atoms with Crippen LogP contribution in [0.15, 0.2) is 29.4 Å². The van der Waals surface area contributed by atoms with Crippen LogP contribution < -0.4 is 10.6 Å². The van der Waals surface area contributed by atoms with Gasteiger partial charge in [0.05, 0.1) is 0 Å². The van der Waals surface area contributed by atoms with Crippen molar-refractivity contribution in [3.63, 3.8) is 0 Å². The molecule has 3 N–H and O–H groups in total. The molecule has 0 atom stereocenters. The Morgan fingerprint density at radius 2 is 1.91 bits per heavy atom. The highest BCUT2D eigenvalue weighted by molar-refractivity contribution is 5.86. The number of benzene rings is 1. The number of fused-ring (bicyclic) bond motifs is 1. The molecule has 2 aromatic rings. The van der Waals surface area contributed by atoms with Crippen molar-refractivity contribution < 1.29 is 4.79 Å². The first-order chi connectivity index (χ1) is 15.7. The Bertz CT molecular complexity index is 924. The van der Waals surface area contributed by atoms with E-state index in [9.17, 15) is 4.79 Å². The Hall–Kier alpha value is -2.54. The number of aliphatic imine (C=N–C) groups is 1. The van der Waals surface area contributed by atoms with Gasteiger partial charge in [-0.2, -0.15) is 0 Å². The number of aromatic amines is 1. The van der Waals surface area contributed by atoms with Crippen LogP contribution in [0.4, 0.5) is 0 Å². The molecular weight excluding hydrogens is 400 g/mol. The van der Waals surface area contributed by atoms with Crippen molar-refractivity contribution in [2.45, 2.75) is 39.0 Å².